The summed E-state index contributed by atoms with van der Waals surface area (Å²) < 4.78 is 10.7. The van der Waals surface area contributed by atoms with Crippen molar-refractivity contribution in [3.63, 3.8) is 0 Å². The van der Waals surface area contributed by atoms with Crippen LogP contribution in [0.1, 0.15) is 27.2 Å². The van der Waals surface area contributed by atoms with E-state index in [0.29, 0.717) is 11.5 Å². The Morgan fingerprint density at radius 2 is 1.81 bits per heavy atom. The van der Waals surface area contributed by atoms with Crippen LogP contribution in [0.5, 0.6) is 0 Å². The van der Waals surface area contributed by atoms with Crippen LogP contribution in [-0.2, 0) is 9.47 Å². The lowest BCUT2D eigenvalue weighted by atomic mass is 9.94. The molecule has 1 rings (SSSR count). The van der Waals surface area contributed by atoms with Gasteiger partial charge in [0.2, 0.25) is 0 Å². The van der Waals surface area contributed by atoms with Gasteiger partial charge in [-0.15, -0.1) is 0 Å². The second-order valence-electron chi connectivity index (χ2n) is 4.67. The Labute approximate surface area is 126 Å². The quantitative estimate of drug-likeness (QED) is 0.746. The molecule has 0 aliphatic heterocycles. The summed E-state index contributed by atoms with van der Waals surface area (Å²) in [6.07, 6.45) is 6.31. The highest BCUT2D eigenvalue weighted by Gasteiger charge is 2.19. The summed E-state index contributed by atoms with van der Waals surface area (Å²) in [5.74, 6) is 1.33. The average molecular weight is 289 g/mol. The number of rotatable bonds is 6. The molecule has 0 amide bonds. The summed E-state index contributed by atoms with van der Waals surface area (Å²) in [6.45, 7) is 6.75. The van der Waals surface area contributed by atoms with Crippen LogP contribution in [0, 0.1) is 5.53 Å². The first-order chi connectivity index (χ1) is 10.1. The summed E-state index contributed by atoms with van der Waals surface area (Å²) in [6, 6.07) is 0. The number of nitrogens with one attached hydrogen (secondary N) is 1. The van der Waals surface area contributed by atoms with E-state index in [9.17, 15) is 0 Å². The molecular weight excluding hydrogens is 266 g/mol. The average Bonchev–Trinajstić information content (AvgIpc) is 2.51. The van der Waals surface area contributed by atoms with E-state index < -0.39 is 0 Å². The minimum Gasteiger partial charge on any atom is -0.493 e. The lowest BCUT2D eigenvalue weighted by Crippen LogP contribution is -2.12. The van der Waals surface area contributed by atoms with Gasteiger partial charge in [-0.05, 0) is 37.5 Å². The van der Waals surface area contributed by atoms with Gasteiger partial charge in [-0.2, -0.15) is 5.11 Å². The number of allylic oxidation sites excluding steroid dienone is 5. The van der Waals surface area contributed by atoms with Gasteiger partial charge >= 0.3 is 0 Å². The minimum atomic E-state index is 0.663. The van der Waals surface area contributed by atoms with E-state index in [1.165, 1.54) is 6.20 Å². The number of ether oxygens (including phenoxy) is 2. The molecule has 5 nitrogen and oxygen atoms in total. The molecule has 114 valence electrons. The fraction of sp³-hybridized carbons (Fsp3) is 0.438. The molecule has 0 atom stereocenters. The van der Waals surface area contributed by atoms with Crippen LogP contribution in [0.3, 0.4) is 0 Å². The molecule has 5 heteroatoms. The normalized spacial score (nSPS) is 19.9. The maximum absolute atomic E-state index is 6.96. The number of hydrogen-bond donors (Lipinski definition) is 1. The van der Waals surface area contributed by atoms with Crippen LogP contribution in [0.4, 0.5) is 0 Å². The Bertz CT molecular complexity index is 552. The fourth-order valence-corrected chi connectivity index (χ4v) is 1.94. The van der Waals surface area contributed by atoms with Crippen molar-refractivity contribution in [2.24, 2.45) is 10.1 Å². The third-order valence-electron chi connectivity index (χ3n) is 3.26. The number of methoxy groups -OCH3 is 2. The standard InChI is InChI=1S/C16H23N3O2/c1-6-7-18-14-9-16(21-5)15(20-4)8-13(14)12(3)11(2)10-19-17/h8-10,17H,6-7H2,1-5H3/b11-10+,13-12+,18-14?,19-17?. The molecule has 1 aliphatic rings. The predicted octanol–water partition coefficient (Wildman–Crippen LogP) is 4.16. The fourth-order valence-electron chi connectivity index (χ4n) is 1.94. The molecule has 0 saturated carbocycles. The van der Waals surface area contributed by atoms with Gasteiger partial charge < -0.3 is 9.47 Å². The SMILES string of the molecule is CCCN=C1C=C(OC)C(OC)=C/C1=C(C)\C(C)=C\N=N. The Hall–Kier alpha value is -2.17. The minimum absolute atomic E-state index is 0.663. The molecule has 0 radical (unpaired) electrons. The van der Waals surface area contributed by atoms with Crippen molar-refractivity contribution in [2.75, 3.05) is 20.8 Å². The molecule has 0 bridgehead atoms. The van der Waals surface area contributed by atoms with Gasteiger partial charge in [-0.3, -0.25) is 4.99 Å². The third kappa shape index (κ3) is 4.15. The second-order valence-corrected chi connectivity index (χ2v) is 4.67. The van der Waals surface area contributed by atoms with Crippen molar-refractivity contribution in [3.8, 4) is 0 Å². The Balaban J connectivity index is 3.41. The molecule has 0 spiro atoms. The number of aliphatic imine (C=N–C) groups is 1. The van der Waals surface area contributed by atoms with E-state index in [1.807, 2.05) is 26.0 Å². The van der Waals surface area contributed by atoms with Gasteiger partial charge in [0, 0.05) is 18.2 Å². The van der Waals surface area contributed by atoms with Crippen LogP contribution in [0.15, 0.2) is 56.7 Å². The molecule has 0 saturated heterocycles. The lowest BCUT2D eigenvalue weighted by Gasteiger charge is -2.19. The summed E-state index contributed by atoms with van der Waals surface area (Å²) >= 11 is 0. The molecule has 0 unspecified atom stereocenters. The molecule has 1 N–H and O–H groups in total. The highest BCUT2D eigenvalue weighted by molar-refractivity contribution is 6.13. The van der Waals surface area contributed by atoms with Crippen LogP contribution in [-0.4, -0.2) is 26.5 Å². The van der Waals surface area contributed by atoms with E-state index in [1.54, 1.807) is 14.2 Å². The molecule has 0 aromatic heterocycles. The molecule has 0 fully saturated rings. The Morgan fingerprint density at radius 1 is 1.19 bits per heavy atom. The van der Waals surface area contributed by atoms with E-state index >= 15 is 0 Å². The molecule has 0 aromatic rings. The predicted molar refractivity (Wildman–Crippen MR) is 84.4 cm³/mol. The molecular formula is C16H23N3O2. The Morgan fingerprint density at radius 3 is 2.33 bits per heavy atom. The first kappa shape index (κ1) is 16.9. The van der Waals surface area contributed by atoms with Crippen molar-refractivity contribution in [1.82, 2.24) is 0 Å². The van der Waals surface area contributed by atoms with E-state index in [4.69, 9.17) is 15.0 Å². The van der Waals surface area contributed by atoms with Crippen molar-refractivity contribution in [3.05, 3.63) is 46.6 Å². The van der Waals surface area contributed by atoms with Crippen LogP contribution >= 0.6 is 0 Å². The van der Waals surface area contributed by atoms with Crippen LogP contribution < -0.4 is 0 Å². The summed E-state index contributed by atoms with van der Waals surface area (Å²) in [5.41, 5.74) is 10.7. The van der Waals surface area contributed by atoms with Gasteiger partial charge in [-0.25, -0.2) is 5.53 Å². The van der Waals surface area contributed by atoms with Gasteiger partial charge in [0.25, 0.3) is 0 Å². The molecule has 0 aromatic carbocycles. The van der Waals surface area contributed by atoms with Crippen molar-refractivity contribution < 1.29 is 9.47 Å². The van der Waals surface area contributed by atoms with Gasteiger partial charge in [0.05, 0.1) is 26.1 Å². The van der Waals surface area contributed by atoms with Crippen molar-refractivity contribution in [2.45, 2.75) is 27.2 Å². The number of hydrogen-bond acceptors (Lipinski definition) is 5. The van der Waals surface area contributed by atoms with E-state index in [-0.39, 0.29) is 0 Å². The molecule has 1 aliphatic carbocycles. The summed E-state index contributed by atoms with van der Waals surface area (Å²) in [5, 5.41) is 3.33. The summed E-state index contributed by atoms with van der Waals surface area (Å²) in [4.78, 5) is 4.61. The zero-order chi connectivity index (χ0) is 15.8. The van der Waals surface area contributed by atoms with Crippen LogP contribution in [0.2, 0.25) is 0 Å². The largest absolute Gasteiger partial charge is 0.493 e. The van der Waals surface area contributed by atoms with Crippen LogP contribution in [0.25, 0.3) is 0 Å². The number of nitrogens with zero attached hydrogens (tertiary/aromatic N) is 2. The monoisotopic (exact) mass is 289 g/mol. The Kier molecular flexibility index (Phi) is 6.59. The highest BCUT2D eigenvalue weighted by Crippen LogP contribution is 2.27. The smallest absolute Gasteiger partial charge is 0.162 e. The second kappa shape index (κ2) is 8.19. The first-order valence-corrected chi connectivity index (χ1v) is 6.90. The topological polar surface area (TPSA) is 67.0 Å². The third-order valence-corrected chi connectivity index (χ3v) is 3.26. The molecule has 0 heterocycles. The zero-order valence-electron chi connectivity index (χ0n) is 13.4. The zero-order valence-corrected chi connectivity index (χ0v) is 13.4. The van der Waals surface area contributed by atoms with E-state index in [2.05, 4.69) is 17.0 Å². The summed E-state index contributed by atoms with van der Waals surface area (Å²) in [7, 11) is 3.23. The molecule has 21 heavy (non-hydrogen) atoms. The maximum atomic E-state index is 6.96. The highest BCUT2D eigenvalue weighted by atomic mass is 16.5. The van der Waals surface area contributed by atoms with Gasteiger partial charge in [-0.1, -0.05) is 6.92 Å². The van der Waals surface area contributed by atoms with Gasteiger partial charge in [0.15, 0.2) is 11.5 Å². The van der Waals surface area contributed by atoms with E-state index in [0.717, 1.165) is 35.4 Å². The maximum Gasteiger partial charge on any atom is 0.162 e. The van der Waals surface area contributed by atoms with Crippen molar-refractivity contribution in [1.29, 1.82) is 5.53 Å². The first-order valence-electron chi connectivity index (χ1n) is 6.90. The lowest BCUT2D eigenvalue weighted by molar-refractivity contribution is 0.220. The van der Waals surface area contributed by atoms with Gasteiger partial charge in [0.1, 0.15) is 0 Å². The van der Waals surface area contributed by atoms with Crippen molar-refractivity contribution >= 4 is 5.71 Å².